The summed E-state index contributed by atoms with van der Waals surface area (Å²) in [4.78, 5) is 16.3. The monoisotopic (exact) mass is 299 g/mol. The average Bonchev–Trinajstić information content (AvgIpc) is 2.54. The molecule has 2 N–H and O–H groups in total. The van der Waals surface area contributed by atoms with Crippen molar-refractivity contribution in [3.63, 3.8) is 0 Å². The molecule has 0 aliphatic rings. The molecule has 0 unspecified atom stereocenters. The van der Waals surface area contributed by atoms with Gasteiger partial charge in [0.2, 0.25) is 0 Å². The van der Waals surface area contributed by atoms with E-state index < -0.39 is 0 Å². The van der Waals surface area contributed by atoms with Gasteiger partial charge in [-0.05, 0) is 42.3 Å². The standard InChI is InChI=1S/C17H21N3O2/c1-12(2)11-19-14-8-9-18-16(10-14)17(21)20-13-4-6-15(22-3)7-5-13/h4-10,12H,11H2,1-3H3,(H,18,19)(H,20,21). The van der Waals surface area contributed by atoms with Gasteiger partial charge in [0.05, 0.1) is 7.11 Å². The highest BCUT2D eigenvalue weighted by Gasteiger charge is 2.08. The Kier molecular flexibility index (Phi) is 5.36. The molecule has 0 spiro atoms. The molecule has 0 fully saturated rings. The highest BCUT2D eigenvalue weighted by atomic mass is 16.5. The number of carbonyl (C=O) groups is 1. The molecule has 5 nitrogen and oxygen atoms in total. The fourth-order valence-electron chi connectivity index (χ4n) is 1.86. The number of rotatable bonds is 6. The molecular weight excluding hydrogens is 278 g/mol. The Morgan fingerprint density at radius 2 is 1.91 bits per heavy atom. The zero-order chi connectivity index (χ0) is 15.9. The fraction of sp³-hybridized carbons (Fsp3) is 0.294. The number of nitrogens with one attached hydrogen (secondary N) is 2. The number of ether oxygens (including phenoxy) is 1. The zero-order valence-corrected chi connectivity index (χ0v) is 13.1. The van der Waals surface area contributed by atoms with Gasteiger partial charge in [-0.1, -0.05) is 13.8 Å². The van der Waals surface area contributed by atoms with Crippen LogP contribution in [0.15, 0.2) is 42.6 Å². The Hall–Kier alpha value is -2.56. The second-order valence-corrected chi connectivity index (χ2v) is 5.39. The van der Waals surface area contributed by atoms with Gasteiger partial charge >= 0.3 is 0 Å². The molecule has 0 atom stereocenters. The summed E-state index contributed by atoms with van der Waals surface area (Å²) in [5, 5.41) is 6.10. The number of benzene rings is 1. The van der Waals surface area contributed by atoms with Crippen molar-refractivity contribution >= 4 is 17.3 Å². The molecule has 2 rings (SSSR count). The van der Waals surface area contributed by atoms with Crippen molar-refractivity contribution < 1.29 is 9.53 Å². The molecule has 1 heterocycles. The van der Waals surface area contributed by atoms with Crippen LogP contribution in [0.5, 0.6) is 5.75 Å². The molecule has 22 heavy (non-hydrogen) atoms. The number of methoxy groups -OCH3 is 1. The number of pyridine rings is 1. The van der Waals surface area contributed by atoms with Crippen LogP contribution < -0.4 is 15.4 Å². The zero-order valence-electron chi connectivity index (χ0n) is 13.1. The highest BCUT2D eigenvalue weighted by Crippen LogP contribution is 2.16. The van der Waals surface area contributed by atoms with Gasteiger partial charge in [-0.15, -0.1) is 0 Å². The summed E-state index contributed by atoms with van der Waals surface area (Å²) in [6, 6.07) is 10.8. The van der Waals surface area contributed by atoms with Crippen LogP contribution in [0.1, 0.15) is 24.3 Å². The molecule has 5 heteroatoms. The number of anilines is 2. The number of nitrogens with zero attached hydrogens (tertiary/aromatic N) is 1. The van der Waals surface area contributed by atoms with Gasteiger partial charge in [-0.25, -0.2) is 0 Å². The van der Waals surface area contributed by atoms with Gasteiger partial charge in [0.15, 0.2) is 0 Å². The van der Waals surface area contributed by atoms with Crippen LogP contribution >= 0.6 is 0 Å². The van der Waals surface area contributed by atoms with Gasteiger partial charge < -0.3 is 15.4 Å². The summed E-state index contributed by atoms with van der Waals surface area (Å²) in [6.45, 7) is 5.11. The number of hydrogen-bond acceptors (Lipinski definition) is 4. The Morgan fingerprint density at radius 1 is 1.18 bits per heavy atom. The Labute approximate surface area is 130 Å². The quantitative estimate of drug-likeness (QED) is 0.858. The van der Waals surface area contributed by atoms with E-state index >= 15 is 0 Å². The van der Waals surface area contributed by atoms with Crippen molar-refractivity contribution in [3.05, 3.63) is 48.3 Å². The lowest BCUT2D eigenvalue weighted by Crippen LogP contribution is -2.14. The number of hydrogen-bond donors (Lipinski definition) is 2. The molecule has 1 amide bonds. The summed E-state index contributed by atoms with van der Waals surface area (Å²) in [5.41, 5.74) is 1.97. The Morgan fingerprint density at radius 3 is 2.55 bits per heavy atom. The van der Waals surface area contributed by atoms with Crippen molar-refractivity contribution in [2.75, 3.05) is 24.3 Å². The first-order valence-corrected chi connectivity index (χ1v) is 7.24. The third-order valence-corrected chi connectivity index (χ3v) is 3.05. The van der Waals surface area contributed by atoms with Crippen LogP contribution in [0, 0.1) is 5.92 Å². The van der Waals surface area contributed by atoms with Crippen molar-refractivity contribution in [3.8, 4) is 5.75 Å². The molecule has 0 aliphatic heterocycles. The van der Waals surface area contributed by atoms with Crippen molar-refractivity contribution in [1.29, 1.82) is 0 Å². The number of aromatic nitrogens is 1. The lowest BCUT2D eigenvalue weighted by atomic mass is 10.2. The van der Waals surface area contributed by atoms with Gasteiger partial charge in [0.25, 0.3) is 5.91 Å². The Balaban J connectivity index is 2.03. The molecule has 1 aromatic heterocycles. The molecule has 1 aromatic carbocycles. The van der Waals surface area contributed by atoms with E-state index in [4.69, 9.17) is 4.74 Å². The van der Waals surface area contributed by atoms with Crippen LogP contribution in [0.25, 0.3) is 0 Å². The SMILES string of the molecule is COc1ccc(NC(=O)c2cc(NCC(C)C)ccn2)cc1. The number of amides is 1. The first kappa shape index (κ1) is 15.8. The Bertz CT molecular complexity index is 624. The summed E-state index contributed by atoms with van der Waals surface area (Å²) in [5.74, 6) is 1.04. The largest absolute Gasteiger partial charge is 0.497 e. The molecule has 0 saturated heterocycles. The van der Waals surface area contributed by atoms with Gasteiger partial charge in [0.1, 0.15) is 11.4 Å². The maximum absolute atomic E-state index is 12.2. The van der Waals surface area contributed by atoms with Crippen LogP contribution in [-0.2, 0) is 0 Å². The molecular formula is C17H21N3O2. The minimum Gasteiger partial charge on any atom is -0.497 e. The van der Waals surface area contributed by atoms with E-state index in [1.54, 1.807) is 43.6 Å². The first-order valence-electron chi connectivity index (χ1n) is 7.24. The summed E-state index contributed by atoms with van der Waals surface area (Å²) in [7, 11) is 1.60. The van der Waals surface area contributed by atoms with E-state index in [1.807, 2.05) is 6.07 Å². The van der Waals surface area contributed by atoms with Crippen molar-refractivity contribution in [2.45, 2.75) is 13.8 Å². The molecule has 0 aliphatic carbocycles. The fourth-order valence-corrected chi connectivity index (χ4v) is 1.86. The first-order chi connectivity index (χ1) is 10.6. The van der Waals surface area contributed by atoms with E-state index in [0.717, 1.165) is 18.0 Å². The smallest absolute Gasteiger partial charge is 0.274 e. The van der Waals surface area contributed by atoms with Crippen molar-refractivity contribution in [2.24, 2.45) is 5.92 Å². The minimum atomic E-state index is -0.238. The maximum Gasteiger partial charge on any atom is 0.274 e. The van der Waals surface area contributed by atoms with Crippen LogP contribution in [0.4, 0.5) is 11.4 Å². The third kappa shape index (κ3) is 4.48. The van der Waals surface area contributed by atoms with Gasteiger partial charge in [-0.3, -0.25) is 9.78 Å². The molecule has 0 radical (unpaired) electrons. The van der Waals surface area contributed by atoms with E-state index in [1.165, 1.54) is 0 Å². The lowest BCUT2D eigenvalue weighted by Gasteiger charge is -2.10. The van der Waals surface area contributed by atoms with Gasteiger partial charge in [-0.2, -0.15) is 0 Å². The van der Waals surface area contributed by atoms with E-state index in [9.17, 15) is 4.79 Å². The molecule has 2 aromatic rings. The second-order valence-electron chi connectivity index (χ2n) is 5.39. The maximum atomic E-state index is 12.2. The van der Waals surface area contributed by atoms with E-state index in [-0.39, 0.29) is 5.91 Å². The van der Waals surface area contributed by atoms with Crippen LogP contribution in [0.2, 0.25) is 0 Å². The predicted octanol–water partition coefficient (Wildman–Crippen LogP) is 3.41. The van der Waals surface area contributed by atoms with E-state index in [2.05, 4.69) is 29.5 Å². The molecule has 0 saturated carbocycles. The van der Waals surface area contributed by atoms with Gasteiger partial charge in [0, 0.05) is 24.1 Å². The van der Waals surface area contributed by atoms with Crippen molar-refractivity contribution in [1.82, 2.24) is 4.98 Å². The predicted molar refractivity (Wildman–Crippen MR) is 88.5 cm³/mol. The topological polar surface area (TPSA) is 63.2 Å². The van der Waals surface area contributed by atoms with Crippen LogP contribution in [-0.4, -0.2) is 24.5 Å². The van der Waals surface area contributed by atoms with E-state index in [0.29, 0.717) is 17.3 Å². The second kappa shape index (κ2) is 7.45. The number of carbonyl (C=O) groups excluding carboxylic acids is 1. The summed E-state index contributed by atoms with van der Waals surface area (Å²) < 4.78 is 5.09. The summed E-state index contributed by atoms with van der Waals surface area (Å²) >= 11 is 0. The lowest BCUT2D eigenvalue weighted by molar-refractivity contribution is 0.102. The summed E-state index contributed by atoms with van der Waals surface area (Å²) in [6.07, 6.45) is 1.63. The highest BCUT2D eigenvalue weighted by molar-refractivity contribution is 6.03. The molecule has 116 valence electrons. The third-order valence-electron chi connectivity index (χ3n) is 3.05. The molecule has 0 bridgehead atoms. The van der Waals surface area contributed by atoms with Crippen LogP contribution in [0.3, 0.4) is 0 Å². The minimum absolute atomic E-state index is 0.238. The normalized spacial score (nSPS) is 10.4. The average molecular weight is 299 g/mol.